The van der Waals surface area contributed by atoms with Crippen LogP contribution in [0.4, 0.5) is 0 Å². The van der Waals surface area contributed by atoms with E-state index < -0.39 is 0 Å². The normalized spacial score (nSPS) is 17.0. The molecule has 1 heterocycles. The van der Waals surface area contributed by atoms with Crippen LogP contribution in [0, 0.1) is 0 Å². The van der Waals surface area contributed by atoms with E-state index in [4.69, 9.17) is 12.2 Å². The summed E-state index contributed by atoms with van der Waals surface area (Å²) in [6.45, 7) is 5.41. The van der Waals surface area contributed by atoms with Crippen LogP contribution in [0.5, 0.6) is 0 Å². The van der Waals surface area contributed by atoms with Crippen molar-refractivity contribution in [1.29, 1.82) is 0 Å². The summed E-state index contributed by atoms with van der Waals surface area (Å²) in [5.41, 5.74) is 2.66. The lowest BCUT2D eigenvalue weighted by molar-refractivity contribution is 0.509. The van der Waals surface area contributed by atoms with Gasteiger partial charge in [0.1, 0.15) is 0 Å². The largest absolute Gasteiger partial charge is 0.348 e. The van der Waals surface area contributed by atoms with Crippen LogP contribution in [0.15, 0.2) is 5.10 Å². The second-order valence-corrected chi connectivity index (χ2v) is 2.66. The first-order valence-corrected chi connectivity index (χ1v) is 3.76. The molecule has 0 unspecified atom stereocenters. The van der Waals surface area contributed by atoms with Crippen molar-refractivity contribution in [2.45, 2.75) is 12.8 Å². The Balaban J connectivity index is 2.32. The zero-order chi connectivity index (χ0) is 7.40. The van der Waals surface area contributed by atoms with Crippen molar-refractivity contribution < 1.29 is 0 Å². The van der Waals surface area contributed by atoms with Crippen LogP contribution in [0.3, 0.4) is 0 Å². The van der Waals surface area contributed by atoms with Gasteiger partial charge in [-0.15, -0.1) is 0 Å². The summed E-state index contributed by atoms with van der Waals surface area (Å²) in [5, 5.41) is 4.20. The summed E-state index contributed by atoms with van der Waals surface area (Å²) in [5.74, 6) is 0. The molecule has 0 spiro atoms. The molecule has 1 saturated heterocycles. The number of rotatable bonds is 1. The average Bonchev–Trinajstić information content (AvgIpc) is 2.38. The predicted molar refractivity (Wildman–Crippen MR) is 46.1 cm³/mol. The first-order valence-electron chi connectivity index (χ1n) is 3.35. The van der Waals surface area contributed by atoms with Gasteiger partial charge in [0.05, 0.1) is 0 Å². The molecule has 1 N–H and O–H groups in total. The highest BCUT2D eigenvalue weighted by Crippen LogP contribution is 2.06. The quantitative estimate of drug-likeness (QED) is 0.342. The molecule has 10 heavy (non-hydrogen) atoms. The third kappa shape index (κ3) is 1.67. The van der Waals surface area contributed by atoms with Gasteiger partial charge >= 0.3 is 0 Å². The lowest BCUT2D eigenvalue weighted by atomic mass is 10.4. The molecular weight excluding hydrogens is 146 g/mol. The summed E-state index contributed by atoms with van der Waals surface area (Å²) in [4.78, 5) is 2.10. The van der Waals surface area contributed by atoms with Gasteiger partial charge in [-0.3, -0.25) is 5.43 Å². The van der Waals surface area contributed by atoms with E-state index in [0.717, 1.165) is 13.1 Å². The second-order valence-electron chi connectivity index (χ2n) is 2.27. The highest BCUT2D eigenvalue weighted by molar-refractivity contribution is 7.80. The Hall–Kier alpha value is -0.640. The molecule has 0 bridgehead atoms. The SMILES string of the molecule is C=NNC(=S)N1CCCC1. The molecule has 3 nitrogen and oxygen atoms in total. The molecule has 4 heteroatoms. The van der Waals surface area contributed by atoms with Gasteiger partial charge in [0.25, 0.3) is 0 Å². The Morgan fingerprint density at radius 2 is 2.10 bits per heavy atom. The fourth-order valence-corrected chi connectivity index (χ4v) is 1.31. The zero-order valence-corrected chi connectivity index (χ0v) is 6.65. The van der Waals surface area contributed by atoms with Crippen LogP contribution in [0.1, 0.15) is 12.8 Å². The van der Waals surface area contributed by atoms with E-state index in [9.17, 15) is 0 Å². The maximum Gasteiger partial charge on any atom is 0.189 e. The molecule has 1 fully saturated rings. The van der Waals surface area contributed by atoms with E-state index in [1.165, 1.54) is 12.8 Å². The standard InChI is InChI=1S/C6H11N3S/c1-7-8-6(10)9-4-2-3-5-9/h1-5H2,(H,8,10). The number of nitrogens with zero attached hydrogens (tertiary/aromatic N) is 2. The summed E-state index contributed by atoms with van der Waals surface area (Å²) in [7, 11) is 0. The third-order valence-electron chi connectivity index (χ3n) is 1.57. The minimum absolute atomic E-state index is 0.701. The van der Waals surface area contributed by atoms with Gasteiger partial charge < -0.3 is 4.90 Å². The zero-order valence-electron chi connectivity index (χ0n) is 5.84. The van der Waals surface area contributed by atoms with E-state index in [-0.39, 0.29) is 0 Å². The smallest absolute Gasteiger partial charge is 0.189 e. The van der Waals surface area contributed by atoms with Gasteiger partial charge in [-0.2, -0.15) is 5.10 Å². The summed E-state index contributed by atoms with van der Waals surface area (Å²) < 4.78 is 0. The van der Waals surface area contributed by atoms with Crippen LogP contribution in [0.25, 0.3) is 0 Å². The summed E-state index contributed by atoms with van der Waals surface area (Å²) >= 11 is 4.99. The van der Waals surface area contributed by atoms with Gasteiger partial charge in [-0.25, -0.2) is 0 Å². The van der Waals surface area contributed by atoms with E-state index >= 15 is 0 Å². The molecule has 0 saturated carbocycles. The highest BCUT2D eigenvalue weighted by atomic mass is 32.1. The summed E-state index contributed by atoms with van der Waals surface area (Å²) in [6, 6.07) is 0. The molecule has 1 aliphatic rings. The van der Waals surface area contributed by atoms with Crippen LogP contribution < -0.4 is 5.43 Å². The monoisotopic (exact) mass is 157 g/mol. The Bertz CT molecular complexity index is 140. The first-order chi connectivity index (χ1) is 4.84. The molecule has 0 amide bonds. The van der Waals surface area contributed by atoms with E-state index in [2.05, 4.69) is 22.1 Å². The Morgan fingerprint density at radius 3 is 2.60 bits per heavy atom. The molecule has 0 aromatic rings. The Labute approximate surface area is 66.1 Å². The topological polar surface area (TPSA) is 27.6 Å². The van der Waals surface area contributed by atoms with Gasteiger partial charge in [-0.05, 0) is 25.1 Å². The molecule has 0 aromatic heterocycles. The summed E-state index contributed by atoms with van der Waals surface area (Å²) in [6.07, 6.45) is 2.47. The lowest BCUT2D eigenvalue weighted by Gasteiger charge is -2.16. The molecule has 0 atom stereocenters. The second kappa shape index (κ2) is 3.51. The molecular formula is C6H11N3S. The van der Waals surface area contributed by atoms with Gasteiger partial charge in [0, 0.05) is 19.8 Å². The number of likely N-dealkylation sites (tertiary alicyclic amines) is 1. The van der Waals surface area contributed by atoms with Gasteiger partial charge in [0.15, 0.2) is 5.11 Å². The van der Waals surface area contributed by atoms with E-state index in [1.807, 2.05) is 0 Å². The third-order valence-corrected chi connectivity index (χ3v) is 1.92. The van der Waals surface area contributed by atoms with Crippen molar-refractivity contribution in [2.75, 3.05) is 13.1 Å². The number of nitrogens with one attached hydrogen (secondary N) is 1. The van der Waals surface area contributed by atoms with Crippen LogP contribution in [-0.4, -0.2) is 29.8 Å². The number of thiocarbonyl (C=S) groups is 1. The fourth-order valence-electron chi connectivity index (χ4n) is 1.06. The van der Waals surface area contributed by atoms with Gasteiger partial charge in [0.2, 0.25) is 0 Å². The predicted octanol–water partition coefficient (Wildman–Crippen LogP) is 0.572. The van der Waals surface area contributed by atoms with Crippen molar-refractivity contribution in [3.63, 3.8) is 0 Å². The fraction of sp³-hybridized carbons (Fsp3) is 0.667. The number of hydrogen-bond donors (Lipinski definition) is 1. The lowest BCUT2D eigenvalue weighted by Crippen LogP contribution is -2.34. The van der Waals surface area contributed by atoms with Crippen molar-refractivity contribution >= 4 is 24.0 Å². The Kier molecular flexibility index (Phi) is 2.62. The number of hydrazone groups is 1. The highest BCUT2D eigenvalue weighted by Gasteiger charge is 2.13. The van der Waals surface area contributed by atoms with Crippen molar-refractivity contribution in [2.24, 2.45) is 5.10 Å². The molecule has 0 aromatic carbocycles. The van der Waals surface area contributed by atoms with Crippen LogP contribution >= 0.6 is 12.2 Å². The van der Waals surface area contributed by atoms with E-state index in [0.29, 0.717) is 5.11 Å². The molecule has 0 aliphatic carbocycles. The molecule has 56 valence electrons. The molecule has 1 aliphatic heterocycles. The van der Waals surface area contributed by atoms with Crippen molar-refractivity contribution in [1.82, 2.24) is 10.3 Å². The first kappa shape index (κ1) is 7.47. The van der Waals surface area contributed by atoms with Crippen molar-refractivity contribution in [3.05, 3.63) is 0 Å². The van der Waals surface area contributed by atoms with Gasteiger partial charge in [-0.1, -0.05) is 0 Å². The Morgan fingerprint density at radius 1 is 1.50 bits per heavy atom. The average molecular weight is 157 g/mol. The van der Waals surface area contributed by atoms with Crippen molar-refractivity contribution in [3.8, 4) is 0 Å². The van der Waals surface area contributed by atoms with E-state index in [1.54, 1.807) is 0 Å². The molecule has 1 rings (SSSR count). The number of hydrogen-bond acceptors (Lipinski definition) is 2. The molecule has 0 radical (unpaired) electrons. The van der Waals surface area contributed by atoms with Crippen LogP contribution in [-0.2, 0) is 0 Å². The maximum atomic E-state index is 4.99. The minimum atomic E-state index is 0.701. The minimum Gasteiger partial charge on any atom is -0.348 e. The maximum absolute atomic E-state index is 4.99. The van der Waals surface area contributed by atoms with Crippen LogP contribution in [0.2, 0.25) is 0 Å².